The van der Waals surface area contributed by atoms with Gasteiger partial charge in [0.1, 0.15) is 0 Å². The van der Waals surface area contributed by atoms with Gasteiger partial charge >= 0.3 is 0 Å². The Kier molecular flexibility index (Phi) is 6.39. The Morgan fingerprint density at radius 3 is 2.67 bits per heavy atom. The van der Waals surface area contributed by atoms with Gasteiger partial charge in [-0.1, -0.05) is 34.1 Å². The third-order valence-electron chi connectivity index (χ3n) is 4.78. The monoisotopic (exact) mass is 433 g/mol. The number of nitrogens with one attached hydrogen (secondary N) is 1. The second kappa shape index (κ2) is 8.76. The molecule has 2 aromatic carbocycles. The minimum atomic E-state index is -0.445. The highest BCUT2D eigenvalue weighted by Crippen LogP contribution is 2.34. The molecule has 1 amide bonds. The molecule has 0 spiro atoms. The predicted octanol–water partition coefficient (Wildman–Crippen LogP) is 3.97. The van der Waals surface area contributed by atoms with Crippen LogP contribution in [0.1, 0.15) is 24.0 Å². The molecule has 0 unspecified atom stereocenters. The second-order valence-corrected chi connectivity index (χ2v) is 7.61. The lowest BCUT2D eigenvalue weighted by Crippen LogP contribution is -2.50. The summed E-state index contributed by atoms with van der Waals surface area (Å²) in [6.45, 7) is 3.13. The molecular weight excluding hydrogens is 410 g/mol. The fourth-order valence-electron chi connectivity index (χ4n) is 3.33. The van der Waals surface area contributed by atoms with Gasteiger partial charge in [0, 0.05) is 17.7 Å². The molecule has 1 fully saturated rings. The molecule has 0 atom stereocenters. The van der Waals surface area contributed by atoms with Crippen LogP contribution in [-0.2, 0) is 15.1 Å². The van der Waals surface area contributed by atoms with Gasteiger partial charge in [-0.05, 0) is 55.2 Å². The summed E-state index contributed by atoms with van der Waals surface area (Å²) in [5.74, 6) is 1.01. The van der Waals surface area contributed by atoms with Gasteiger partial charge in [0.15, 0.2) is 18.1 Å². The lowest BCUT2D eigenvalue weighted by atomic mass is 9.82. The summed E-state index contributed by atoms with van der Waals surface area (Å²) in [7, 11) is 1.59. The van der Waals surface area contributed by atoms with Crippen LogP contribution >= 0.6 is 15.9 Å². The number of aryl methyl sites for hydroxylation is 1. The van der Waals surface area contributed by atoms with Gasteiger partial charge in [-0.3, -0.25) is 4.79 Å². The molecule has 1 saturated heterocycles. The van der Waals surface area contributed by atoms with Crippen LogP contribution in [0, 0.1) is 6.92 Å². The van der Waals surface area contributed by atoms with Crippen molar-refractivity contribution in [3.8, 4) is 11.5 Å². The van der Waals surface area contributed by atoms with E-state index in [0.717, 1.165) is 28.4 Å². The Bertz CT molecular complexity index is 803. The molecule has 5 nitrogen and oxygen atoms in total. The van der Waals surface area contributed by atoms with Gasteiger partial charge in [-0.25, -0.2) is 0 Å². The average Bonchev–Trinajstić information content (AvgIpc) is 2.67. The molecule has 27 heavy (non-hydrogen) atoms. The standard InChI is InChI=1S/C21H24BrNO4/c1-15-6-7-18(19(12-15)25-2)27-14-20(24)23-21(8-10-26-11-9-21)16-4-3-5-17(22)13-16/h3-7,12-13H,8-11,14H2,1-2H3,(H,23,24). The maximum Gasteiger partial charge on any atom is 0.258 e. The summed E-state index contributed by atoms with van der Waals surface area (Å²) < 4.78 is 17.6. The molecule has 1 aliphatic rings. The smallest absolute Gasteiger partial charge is 0.258 e. The Morgan fingerprint density at radius 2 is 1.96 bits per heavy atom. The van der Waals surface area contributed by atoms with Crippen LogP contribution in [0.3, 0.4) is 0 Å². The Morgan fingerprint density at radius 1 is 1.19 bits per heavy atom. The third-order valence-corrected chi connectivity index (χ3v) is 5.27. The number of carbonyl (C=O) groups excluding carboxylic acids is 1. The van der Waals surface area contributed by atoms with E-state index in [1.54, 1.807) is 7.11 Å². The van der Waals surface area contributed by atoms with Gasteiger partial charge in [0.25, 0.3) is 5.91 Å². The van der Waals surface area contributed by atoms with Gasteiger partial charge < -0.3 is 19.5 Å². The first kappa shape index (κ1) is 19.7. The highest BCUT2D eigenvalue weighted by atomic mass is 79.9. The summed E-state index contributed by atoms with van der Waals surface area (Å²) in [5, 5.41) is 3.19. The molecular formula is C21H24BrNO4. The molecule has 0 aromatic heterocycles. The van der Waals surface area contributed by atoms with Crippen molar-refractivity contribution in [1.82, 2.24) is 5.32 Å². The second-order valence-electron chi connectivity index (χ2n) is 6.70. The van der Waals surface area contributed by atoms with Crippen LogP contribution in [0.15, 0.2) is 46.9 Å². The van der Waals surface area contributed by atoms with Gasteiger partial charge in [0.05, 0.1) is 12.6 Å². The molecule has 1 N–H and O–H groups in total. The van der Waals surface area contributed by atoms with E-state index < -0.39 is 5.54 Å². The molecule has 2 aromatic rings. The molecule has 1 aliphatic heterocycles. The highest BCUT2D eigenvalue weighted by Gasteiger charge is 2.36. The molecule has 0 aliphatic carbocycles. The zero-order valence-corrected chi connectivity index (χ0v) is 17.2. The molecule has 6 heteroatoms. The van der Waals surface area contributed by atoms with Crippen LogP contribution in [-0.4, -0.2) is 32.8 Å². The SMILES string of the molecule is COc1cc(C)ccc1OCC(=O)NC1(c2cccc(Br)c2)CCOCC1. The molecule has 0 radical (unpaired) electrons. The summed E-state index contributed by atoms with van der Waals surface area (Å²) >= 11 is 3.52. The highest BCUT2D eigenvalue weighted by molar-refractivity contribution is 9.10. The zero-order valence-electron chi connectivity index (χ0n) is 15.6. The van der Waals surface area contributed by atoms with Crippen LogP contribution in [0.4, 0.5) is 0 Å². The summed E-state index contributed by atoms with van der Waals surface area (Å²) in [6, 6.07) is 13.7. The summed E-state index contributed by atoms with van der Waals surface area (Å²) in [6.07, 6.45) is 1.45. The molecule has 0 saturated carbocycles. The number of hydrogen-bond donors (Lipinski definition) is 1. The van der Waals surface area contributed by atoms with Crippen molar-refractivity contribution in [2.45, 2.75) is 25.3 Å². The van der Waals surface area contributed by atoms with Crippen LogP contribution in [0.2, 0.25) is 0 Å². The van der Waals surface area contributed by atoms with Crippen molar-refractivity contribution in [1.29, 1.82) is 0 Å². The van der Waals surface area contributed by atoms with E-state index in [-0.39, 0.29) is 12.5 Å². The first-order chi connectivity index (χ1) is 13.0. The number of benzene rings is 2. The number of amides is 1. The largest absolute Gasteiger partial charge is 0.493 e. The normalized spacial score (nSPS) is 15.8. The first-order valence-corrected chi connectivity index (χ1v) is 9.74. The van der Waals surface area contributed by atoms with Crippen molar-refractivity contribution in [3.05, 3.63) is 58.1 Å². The Hall–Kier alpha value is -2.05. The van der Waals surface area contributed by atoms with E-state index in [4.69, 9.17) is 14.2 Å². The summed E-state index contributed by atoms with van der Waals surface area (Å²) in [4.78, 5) is 12.7. The summed E-state index contributed by atoms with van der Waals surface area (Å²) in [5.41, 5.74) is 1.70. The van der Waals surface area contributed by atoms with E-state index >= 15 is 0 Å². The van der Waals surface area contributed by atoms with Crippen LogP contribution in [0.5, 0.6) is 11.5 Å². The first-order valence-electron chi connectivity index (χ1n) is 8.95. The number of methoxy groups -OCH3 is 1. The third kappa shape index (κ3) is 4.82. The molecule has 0 bridgehead atoms. The van der Waals surface area contributed by atoms with Crippen LogP contribution in [0.25, 0.3) is 0 Å². The Balaban J connectivity index is 1.72. The van der Waals surface area contributed by atoms with E-state index in [0.29, 0.717) is 24.7 Å². The van der Waals surface area contributed by atoms with E-state index in [1.807, 2.05) is 43.3 Å². The van der Waals surface area contributed by atoms with Crippen molar-refractivity contribution in [3.63, 3.8) is 0 Å². The number of hydrogen-bond acceptors (Lipinski definition) is 4. The minimum absolute atomic E-state index is 0.0734. The molecule has 3 rings (SSSR count). The fraction of sp³-hybridized carbons (Fsp3) is 0.381. The molecule has 1 heterocycles. The van der Waals surface area contributed by atoms with E-state index in [9.17, 15) is 4.79 Å². The zero-order chi connectivity index (χ0) is 19.3. The number of carbonyl (C=O) groups is 1. The van der Waals surface area contributed by atoms with Gasteiger partial charge in [0.2, 0.25) is 0 Å². The maximum absolute atomic E-state index is 12.7. The van der Waals surface area contributed by atoms with Crippen molar-refractivity contribution in [2.75, 3.05) is 26.9 Å². The molecule has 144 valence electrons. The van der Waals surface area contributed by atoms with Crippen LogP contribution < -0.4 is 14.8 Å². The lowest BCUT2D eigenvalue weighted by Gasteiger charge is -2.38. The van der Waals surface area contributed by atoms with E-state index in [1.165, 1.54) is 0 Å². The van der Waals surface area contributed by atoms with Crippen molar-refractivity contribution < 1.29 is 19.0 Å². The van der Waals surface area contributed by atoms with Gasteiger partial charge in [-0.15, -0.1) is 0 Å². The van der Waals surface area contributed by atoms with Gasteiger partial charge in [-0.2, -0.15) is 0 Å². The fourth-order valence-corrected chi connectivity index (χ4v) is 3.73. The quantitative estimate of drug-likeness (QED) is 0.748. The average molecular weight is 434 g/mol. The predicted molar refractivity (Wildman–Crippen MR) is 107 cm³/mol. The lowest BCUT2D eigenvalue weighted by molar-refractivity contribution is -0.126. The van der Waals surface area contributed by atoms with E-state index in [2.05, 4.69) is 27.3 Å². The Labute approximate surface area is 168 Å². The maximum atomic E-state index is 12.7. The number of halogens is 1. The minimum Gasteiger partial charge on any atom is -0.493 e. The topological polar surface area (TPSA) is 56.8 Å². The van der Waals surface area contributed by atoms with Crippen molar-refractivity contribution in [2.24, 2.45) is 0 Å². The number of ether oxygens (including phenoxy) is 3. The number of rotatable bonds is 6. The van der Waals surface area contributed by atoms with Crippen molar-refractivity contribution >= 4 is 21.8 Å².